The van der Waals surface area contributed by atoms with Crippen LogP contribution >= 0.6 is 22.9 Å². The lowest BCUT2D eigenvalue weighted by Gasteiger charge is -2.26. The van der Waals surface area contributed by atoms with E-state index < -0.39 is 10.0 Å². The standard InChI is InChI=1S/C21H22ClN3O4S2/c22-19-9-10-20(30-19)31(27,28)24-16-7-5-15(6-8-16)21(26)23-14-17(18-4-3-13-29-18)25-11-1-2-12-25/h3-10,13,17,24H,1-2,11-12,14H2,(H,23,26)/t17-/m1/s1. The summed E-state index contributed by atoms with van der Waals surface area (Å²) in [5.41, 5.74) is 0.813. The monoisotopic (exact) mass is 479 g/mol. The Morgan fingerprint density at radius 2 is 1.87 bits per heavy atom. The lowest BCUT2D eigenvalue weighted by molar-refractivity contribution is 0.0934. The van der Waals surface area contributed by atoms with Crippen molar-refractivity contribution in [2.75, 3.05) is 24.4 Å². The van der Waals surface area contributed by atoms with Gasteiger partial charge in [-0.05, 0) is 74.5 Å². The molecule has 1 amide bonds. The summed E-state index contributed by atoms with van der Waals surface area (Å²) in [5.74, 6) is 0.607. The van der Waals surface area contributed by atoms with E-state index in [1.165, 1.54) is 12.1 Å². The van der Waals surface area contributed by atoms with E-state index >= 15 is 0 Å². The highest BCUT2D eigenvalue weighted by molar-refractivity contribution is 7.94. The molecule has 1 aliphatic heterocycles. The molecular formula is C21H22ClN3O4S2. The lowest BCUT2D eigenvalue weighted by atomic mass is 10.1. The zero-order chi connectivity index (χ0) is 21.8. The fourth-order valence-corrected chi connectivity index (χ4v) is 6.11. The first-order chi connectivity index (χ1) is 14.9. The van der Waals surface area contributed by atoms with E-state index in [0.29, 0.717) is 22.1 Å². The molecule has 7 nitrogen and oxygen atoms in total. The van der Waals surface area contributed by atoms with Crippen LogP contribution < -0.4 is 10.0 Å². The van der Waals surface area contributed by atoms with Crippen LogP contribution in [-0.4, -0.2) is 38.9 Å². The number of benzene rings is 1. The summed E-state index contributed by atoms with van der Waals surface area (Å²) in [6.07, 6.45) is 3.92. The van der Waals surface area contributed by atoms with Crippen molar-refractivity contribution in [2.45, 2.75) is 23.1 Å². The molecule has 0 aliphatic carbocycles. The van der Waals surface area contributed by atoms with Gasteiger partial charge >= 0.3 is 0 Å². The fourth-order valence-electron chi connectivity index (χ4n) is 3.57. The largest absolute Gasteiger partial charge is 0.468 e. The highest BCUT2D eigenvalue weighted by Gasteiger charge is 2.26. The maximum absolute atomic E-state index is 12.6. The van der Waals surface area contributed by atoms with Gasteiger partial charge in [0.1, 0.15) is 9.97 Å². The molecule has 0 radical (unpaired) electrons. The Hall–Kier alpha value is -2.33. The van der Waals surface area contributed by atoms with Gasteiger partial charge in [-0.15, -0.1) is 11.3 Å². The number of likely N-dealkylation sites (tertiary alicyclic amines) is 1. The third-order valence-corrected chi connectivity index (χ3v) is 8.23. The predicted octanol–water partition coefficient (Wildman–Crippen LogP) is 4.36. The second-order valence-corrected chi connectivity index (χ2v) is 10.9. The lowest BCUT2D eigenvalue weighted by Crippen LogP contribution is -2.36. The molecule has 1 aliphatic rings. The second kappa shape index (κ2) is 9.44. The summed E-state index contributed by atoms with van der Waals surface area (Å²) < 4.78 is 33.4. The molecule has 164 valence electrons. The fraction of sp³-hybridized carbons (Fsp3) is 0.286. The second-order valence-electron chi connectivity index (χ2n) is 7.23. The van der Waals surface area contributed by atoms with Crippen molar-refractivity contribution in [3.63, 3.8) is 0 Å². The molecule has 2 aromatic heterocycles. The average molecular weight is 480 g/mol. The van der Waals surface area contributed by atoms with Gasteiger partial charge in [0, 0.05) is 17.8 Å². The van der Waals surface area contributed by atoms with Crippen molar-refractivity contribution in [1.29, 1.82) is 0 Å². The molecule has 1 saturated heterocycles. The first kappa shape index (κ1) is 21.9. The van der Waals surface area contributed by atoms with E-state index in [1.54, 1.807) is 30.5 Å². The van der Waals surface area contributed by atoms with Crippen molar-refractivity contribution in [1.82, 2.24) is 10.2 Å². The Morgan fingerprint density at radius 3 is 2.48 bits per heavy atom. The van der Waals surface area contributed by atoms with E-state index in [4.69, 9.17) is 16.0 Å². The Bertz CT molecular complexity index is 1120. The number of anilines is 1. The third-order valence-electron chi connectivity index (χ3n) is 5.12. The van der Waals surface area contributed by atoms with E-state index in [-0.39, 0.29) is 16.2 Å². The number of hydrogen-bond acceptors (Lipinski definition) is 6. The molecule has 2 N–H and O–H groups in total. The minimum Gasteiger partial charge on any atom is -0.468 e. The third kappa shape index (κ3) is 5.30. The van der Waals surface area contributed by atoms with Gasteiger partial charge in [-0.2, -0.15) is 0 Å². The SMILES string of the molecule is O=C(NC[C@H](c1ccco1)N1CCCC1)c1ccc(NS(=O)(=O)c2ccc(Cl)s2)cc1. The molecule has 10 heteroatoms. The molecule has 0 bridgehead atoms. The van der Waals surface area contributed by atoms with Gasteiger partial charge in [0.2, 0.25) is 0 Å². The number of carbonyl (C=O) groups is 1. The van der Waals surface area contributed by atoms with E-state index in [0.717, 1.165) is 43.0 Å². The van der Waals surface area contributed by atoms with Crippen LogP contribution in [0.3, 0.4) is 0 Å². The number of nitrogens with zero attached hydrogens (tertiary/aromatic N) is 1. The minimum atomic E-state index is -3.71. The van der Waals surface area contributed by atoms with E-state index in [1.807, 2.05) is 12.1 Å². The highest BCUT2D eigenvalue weighted by atomic mass is 35.5. The van der Waals surface area contributed by atoms with Gasteiger partial charge < -0.3 is 9.73 Å². The number of furan rings is 1. The summed E-state index contributed by atoms with van der Waals surface area (Å²) in [6.45, 7) is 2.39. The topological polar surface area (TPSA) is 91.7 Å². The van der Waals surface area contributed by atoms with Crippen molar-refractivity contribution in [3.8, 4) is 0 Å². The number of hydrogen-bond donors (Lipinski definition) is 2. The first-order valence-electron chi connectivity index (χ1n) is 9.86. The van der Waals surface area contributed by atoms with E-state index in [2.05, 4.69) is 14.9 Å². The van der Waals surface area contributed by atoms with Crippen molar-refractivity contribution in [3.05, 3.63) is 70.5 Å². The zero-order valence-electron chi connectivity index (χ0n) is 16.6. The van der Waals surface area contributed by atoms with Crippen molar-refractivity contribution < 1.29 is 17.6 Å². The highest BCUT2D eigenvalue weighted by Crippen LogP contribution is 2.27. The molecule has 3 heterocycles. The van der Waals surface area contributed by atoms with Gasteiger partial charge in [0.05, 0.1) is 16.6 Å². The first-order valence-corrected chi connectivity index (χ1v) is 12.5. The van der Waals surface area contributed by atoms with Gasteiger partial charge in [-0.1, -0.05) is 11.6 Å². The van der Waals surface area contributed by atoms with Gasteiger partial charge in [0.25, 0.3) is 15.9 Å². The number of sulfonamides is 1. The van der Waals surface area contributed by atoms with Gasteiger partial charge in [0.15, 0.2) is 0 Å². The summed E-state index contributed by atoms with van der Waals surface area (Å²) in [5, 5.41) is 2.97. The quantitative estimate of drug-likeness (QED) is 0.500. The molecule has 1 atom stereocenters. The molecule has 1 fully saturated rings. The van der Waals surface area contributed by atoms with Crippen LogP contribution in [0.25, 0.3) is 0 Å². The molecule has 0 spiro atoms. The molecular weight excluding hydrogens is 458 g/mol. The molecule has 31 heavy (non-hydrogen) atoms. The summed E-state index contributed by atoms with van der Waals surface area (Å²) in [7, 11) is -3.71. The van der Waals surface area contributed by atoms with Crippen LogP contribution in [0, 0.1) is 0 Å². The van der Waals surface area contributed by atoms with E-state index in [9.17, 15) is 13.2 Å². The Kier molecular flexibility index (Phi) is 6.66. The number of rotatable bonds is 8. The molecule has 3 aromatic rings. The molecule has 0 unspecified atom stereocenters. The van der Waals surface area contributed by atoms with Crippen LogP contribution in [0.1, 0.15) is 35.0 Å². The Morgan fingerprint density at radius 1 is 1.13 bits per heavy atom. The molecule has 1 aromatic carbocycles. The summed E-state index contributed by atoms with van der Waals surface area (Å²) >= 11 is 6.80. The van der Waals surface area contributed by atoms with Crippen molar-refractivity contribution in [2.24, 2.45) is 0 Å². The number of thiophene rings is 1. The van der Waals surface area contributed by atoms with Crippen LogP contribution in [0.2, 0.25) is 4.34 Å². The van der Waals surface area contributed by atoms with Crippen LogP contribution in [-0.2, 0) is 10.0 Å². The van der Waals surface area contributed by atoms with Crippen LogP contribution in [0.4, 0.5) is 5.69 Å². The molecule has 4 rings (SSSR count). The summed E-state index contributed by atoms with van der Waals surface area (Å²) in [4.78, 5) is 15.0. The Balaban J connectivity index is 1.39. The number of carbonyl (C=O) groups excluding carboxylic acids is 1. The smallest absolute Gasteiger partial charge is 0.271 e. The van der Waals surface area contributed by atoms with Gasteiger partial charge in [-0.25, -0.2) is 8.42 Å². The zero-order valence-corrected chi connectivity index (χ0v) is 19.0. The maximum atomic E-state index is 12.6. The predicted molar refractivity (Wildman–Crippen MR) is 121 cm³/mol. The maximum Gasteiger partial charge on any atom is 0.271 e. The summed E-state index contributed by atoms with van der Waals surface area (Å²) in [6, 6.07) is 13.1. The van der Waals surface area contributed by atoms with Gasteiger partial charge in [-0.3, -0.25) is 14.4 Å². The normalized spacial score (nSPS) is 15.6. The van der Waals surface area contributed by atoms with Crippen molar-refractivity contribution >= 4 is 44.6 Å². The Labute approximate surface area is 190 Å². The van der Waals surface area contributed by atoms with Crippen LogP contribution in [0.15, 0.2) is 63.4 Å². The number of halogens is 1. The van der Waals surface area contributed by atoms with Crippen LogP contribution in [0.5, 0.6) is 0 Å². The number of nitrogens with one attached hydrogen (secondary N) is 2. The number of amides is 1. The average Bonchev–Trinajstić information content (AvgIpc) is 3.52. The minimum absolute atomic E-state index is 0.00912. The molecule has 0 saturated carbocycles.